The molecule has 2 aromatic carbocycles. The molecule has 172 valence electrons. The van der Waals surface area contributed by atoms with E-state index in [1.54, 1.807) is 7.11 Å². The third-order valence-corrected chi connectivity index (χ3v) is 6.79. The second-order valence-electron chi connectivity index (χ2n) is 8.78. The van der Waals surface area contributed by atoms with Crippen LogP contribution in [0.2, 0.25) is 0 Å². The molecular weight excluding hydrogens is 482 g/mol. The Bertz CT molecular complexity index is 1150. The number of methoxy groups -OCH3 is 1. The standard InChI is InChI=1S/C27H28BrNO4/c1-15(2)33-27(31)24-16(3)29-21-13-19(17-8-6-5-7-9-17)14-22(30)26(21)25(24)18-10-11-23(32-4)20(28)12-18/h5-12,15,19,25,29H,13-14H2,1-4H3. The summed E-state index contributed by atoms with van der Waals surface area (Å²) < 4.78 is 11.7. The molecule has 2 aliphatic rings. The summed E-state index contributed by atoms with van der Waals surface area (Å²) in [5, 5.41) is 3.39. The highest BCUT2D eigenvalue weighted by atomic mass is 79.9. The molecule has 2 atom stereocenters. The molecule has 6 heteroatoms. The van der Waals surface area contributed by atoms with Gasteiger partial charge in [-0.15, -0.1) is 0 Å². The minimum absolute atomic E-state index is 0.0527. The number of hydrogen-bond acceptors (Lipinski definition) is 5. The van der Waals surface area contributed by atoms with Crippen molar-refractivity contribution in [1.29, 1.82) is 0 Å². The highest BCUT2D eigenvalue weighted by Gasteiger charge is 2.41. The summed E-state index contributed by atoms with van der Waals surface area (Å²) in [6, 6.07) is 15.8. The Hall–Kier alpha value is -2.86. The lowest BCUT2D eigenvalue weighted by atomic mass is 9.71. The van der Waals surface area contributed by atoms with Crippen molar-refractivity contribution in [1.82, 2.24) is 5.32 Å². The average molecular weight is 510 g/mol. The number of benzene rings is 2. The van der Waals surface area contributed by atoms with E-state index in [0.29, 0.717) is 29.7 Å². The number of nitrogens with one attached hydrogen (secondary N) is 1. The number of carbonyl (C=O) groups is 2. The molecule has 0 bridgehead atoms. The molecule has 2 aromatic rings. The van der Waals surface area contributed by atoms with Gasteiger partial charge in [-0.25, -0.2) is 4.79 Å². The highest BCUT2D eigenvalue weighted by Crippen LogP contribution is 2.46. The normalized spacial score (nSPS) is 20.5. The minimum atomic E-state index is -0.501. The Morgan fingerprint density at radius 2 is 1.82 bits per heavy atom. The van der Waals surface area contributed by atoms with Crippen LogP contribution in [0.3, 0.4) is 0 Å². The van der Waals surface area contributed by atoms with Crippen molar-refractivity contribution in [3.63, 3.8) is 0 Å². The van der Waals surface area contributed by atoms with Crippen molar-refractivity contribution in [2.75, 3.05) is 7.11 Å². The second-order valence-corrected chi connectivity index (χ2v) is 9.63. The van der Waals surface area contributed by atoms with Gasteiger partial charge in [-0.3, -0.25) is 4.79 Å². The molecule has 1 N–H and O–H groups in total. The number of hydrogen-bond donors (Lipinski definition) is 1. The molecule has 0 saturated carbocycles. The first-order valence-electron chi connectivity index (χ1n) is 11.1. The number of esters is 1. The molecule has 4 rings (SSSR count). The quantitative estimate of drug-likeness (QED) is 0.518. The van der Waals surface area contributed by atoms with Gasteiger partial charge in [0.2, 0.25) is 0 Å². The highest BCUT2D eigenvalue weighted by molar-refractivity contribution is 9.10. The Labute approximate surface area is 203 Å². The van der Waals surface area contributed by atoms with E-state index >= 15 is 0 Å². The van der Waals surface area contributed by atoms with Crippen LogP contribution in [-0.2, 0) is 14.3 Å². The number of dihydropyridines is 1. The molecule has 0 amide bonds. The minimum Gasteiger partial charge on any atom is -0.496 e. The number of ketones is 1. The zero-order chi connectivity index (χ0) is 23.7. The Morgan fingerprint density at radius 3 is 2.45 bits per heavy atom. The topological polar surface area (TPSA) is 64.6 Å². The van der Waals surface area contributed by atoms with Crippen molar-refractivity contribution in [3.8, 4) is 5.75 Å². The van der Waals surface area contributed by atoms with E-state index in [9.17, 15) is 9.59 Å². The maximum Gasteiger partial charge on any atom is 0.337 e. The zero-order valence-corrected chi connectivity index (χ0v) is 20.9. The lowest BCUT2D eigenvalue weighted by molar-refractivity contribution is -0.143. The zero-order valence-electron chi connectivity index (χ0n) is 19.3. The van der Waals surface area contributed by atoms with Crippen molar-refractivity contribution in [2.24, 2.45) is 0 Å². The lowest BCUT2D eigenvalue weighted by Gasteiger charge is -2.37. The summed E-state index contributed by atoms with van der Waals surface area (Å²) >= 11 is 3.56. The summed E-state index contributed by atoms with van der Waals surface area (Å²) in [6.45, 7) is 5.52. The van der Waals surface area contributed by atoms with Crippen LogP contribution in [0.15, 0.2) is 75.5 Å². The SMILES string of the molecule is COc1ccc(C2C(C(=O)OC(C)C)=C(C)NC3=C2C(=O)CC(c2ccccc2)C3)cc1Br. The van der Waals surface area contributed by atoms with Crippen LogP contribution in [0.5, 0.6) is 5.75 Å². The molecule has 0 aromatic heterocycles. The molecule has 1 aliphatic carbocycles. The van der Waals surface area contributed by atoms with Gasteiger partial charge in [0.05, 0.1) is 23.3 Å². The Kier molecular flexibility index (Phi) is 6.75. The fraction of sp³-hybridized carbons (Fsp3) is 0.333. The van der Waals surface area contributed by atoms with Crippen LogP contribution in [0.4, 0.5) is 0 Å². The first-order chi connectivity index (χ1) is 15.8. The van der Waals surface area contributed by atoms with Crippen molar-refractivity contribution in [2.45, 2.75) is 51.6 Å². The third-order valence-electron chi connectivity index (χ3n) is 6.17. The molecule has 33 heavy (non-hydrogen) atoms. The van der Waals surface area contributed by atoms with Crippen molar-refractivity contribution < 1.29 is 19.1 Å². The number of carbonyl (C=O) groups excluding carboxylic acids is 2. The van der Waals surface area contributed by atoms with E-state index in [4.69, 9.17) is 9.47 Å². The van der Waals surface area contributed by atoms with E-state index in [-0.39, 0.29) is 17.8 Å². The molecule has 0 radical (unpaired) electrons. The fourth-order valence-electron chi connectivity index (χ4n) is 4.74. The van der Waals surface area contributed by atoms with Gasteiger partial charge in [-0.2, -0.15) is 0 Å². The Balaban J connectivity index is 1.82. The number of Topliss-reactive ketones (excluding diaryl/α,β-unsaturated/α-hetero) is 1. The lowest BCUT2D eigenvalue weighted by Crippen LogP contribution is -2.36. The van der Waals surface area contributed by atoms with Crippen LogP contribution in [0, 0.1) is 0 Å². The summed E-state index contributed by atoms with van der Waals surface area (Å²) in [5.41, 5.74) is 4.73. The molecular formula is C27H28BrNO4. The predicted octanol–water partition coefficient (Wildman–Crippen LogP) is 5.77. The van der Waals surface area contributed by atoms with Crippen LogP contribution in [-0.4, -0.2) is 25.0 Å². The summed E-state index contributed by atoms with van der Waals surface area (Å²) in [5.74, 6) is -0.0644. The van der Waals surface area contributed by atoms with Gasteiger partial charge in [0, 0.05) is 29.3 Å². The monoisotopic (exact) mass is 509 g/mol. The van der Waals surface area contributed by atoms with Gasteiger partial charge in [0.1, 0.15) is 5.75 Å². The number of rotatable bonds is 5. The summed E-state index contributed by atoms with van der Waals surface area (Å²) in [6.07, 6.45) is 0.855. The van der Waals surface area contributed by atoms with Gasteiger partial charge in [-0.1, -0.05) is 36.4 Å². The molecule has 2 unspecified atom stereocenters. The maximum absolute atomic E-state index is 13.6. The maximum atomic E-state index is 13.6. The average Bonchev–Trinajstić information content (AvgIpc) is 2.78. The molecule has 1 aliphatic heterocycles. The fourth-order valence-corrected chi connectivity index (χ4v) is 5.30. The molecule has 1 heterocycles. The van der Waals surface area contributed by atoms with Gasteiger partial charge in [-0.05, 0) is 72.3 Å². The Morgan fingerprint density at radius 1 is 1.09 bits per heavy atom. The molecule has 0 saturated heterocycles. The number of ether oxygens (including phenoxy) is 2. The van der Waals surface area contributed by atoms with Gasteiger partial charge < -0.3 is 14.8 Å². The van der Waals surface area contributed by atoms with Crippen molar-refractivity contribution >= 4 is 27.7 Å². The second kappa shape index (κ2) is 9.56. The summed E-state index contributed by atoms with van der Waals surface area (Å²) in [7, 11) is 1.61. The largest absolute Gasteiger partial charge is 0.496 e. The van der Waals surface area contributed by atoms with E-state index < -0.39 is 11.9 Å². The van der Waals surface area contributed by atoms with E-state index in [2.05, 4.69) is 33.4 Å². The number of allylic oxidation sites excluding steroid dienone is 3. The van der Waals surface area contributed by atoms with Crippen LogP contribution < -0.4 is 10.1 Å². The van der Waals surface area contributed by atoms with E-state index in [1.807, 2.05) is 57.2 Å². The number of halogens is 1. The molecule has 0 fully saturated rings. The first-order valence-corrected chi connectivity index (χ1v) is 11.9. The first kappa shape index (κ1) is 23.3. The van der Waals surface area contributed by atoms with E-state index in [1.165, 1.54) is 0 Å². The smallest absolute Gasteiger partial charge is 0.337 e. The summed E-state index contributed by atoms with van der Waals surface area (Å²) in [4.78, 5) is 26.8. The van der Waals surface area contributed by atoms with E-state index in [0.717, 1.165) is 27.0 Å². The molecule has 0 spiro atoms. The van der Waals surface area contributed by atoms with Crippen LogP contribution >= 0.6 is 15.9 Å². The van der Waals surface area contributed by atoms with Gasteiger partial charge >= 0.3 is 5.97 Å². The van der Waals surface area contributed by atoms with Gasteiger partial charge in [0.25, 0.3) is 0 Å². The van der Waals surface area contributed by atoms with Crippen LogP contribution in [0.1, 0.15) is 56.6 Å². The van der Waals surface area contributed by atoms with Crippen molar-refractivity contribution in [3.05, 3.63) is 86.7 Å². The van der Waals surface area contributed by atoms with Gasteiger partial charge in [0.15, 0.2) is 5.78 Å². The third kappa shape index (κ3) is 4.62. The predicted molar refractivity (Wildman–Crippen MR) is 131 cm³/mol. The molecule has 5 nitrogen and oxygen atoms in total. The van der Waals surface area contributed by atoms with Crippen LogP contribution in [0.25, 0.3) is 0 Å².